The Morgan fingerprint density at radius 3 is 2.16 bits per heavy atom. The zero-order valence-electron chi connectivity index (χ0n) is 24.8. The molecule has 2 fully saturated rings. The summed E-state index contributed by atoms with van der Waals surface area (Å²) >= 11 is 0. The van der Waals surface area contributed by atoms with Crippen LogP contribution in [-0.4, -0.2) is 61.5 Å². The standard InChI is InChI=1S/C37H42N4O2/c42-36(32-16-15-28-9-7-8-14-31(28)24-32)39-25-33-19-22-41(37(43)35(40-33)23-27-17-20-38-21-18-27)26-34(29-10-3-1-4-11-29)30-12-5-2-6-13-30/h1-16,24,27,33-35,38,40H,17-23,25-26H2,(H,39,42). The summed E-state index contributed by atoms with van der Waals surface area (Å²) in [7, 11) is 0. The quantitative estimate of drug-likeness (QED) is 0.252. The van der Waals surface area contributed by atoms with Crippen LogP contribution in [0.4, 0.5) is 0 Å². The molecule has 0 saturated carbocycles. The molecule has 43 heavy (non-hydrogen) atoms. The van der Waals surface area contributed by atoms with Crippen molar-refractivity contribution in [1.29, 1.82) is 0 Å². The number of hydrogen-bond acceptors (Lipinski definition) is 4. The summed E-state index contributed by atoms with van der Waals surface area (Å²) in [6.07, 6.45) is 3.78. The number of amides is 2. The molecule has 2 heterocycles. The lowest BCUT2D eigenvalue weighted by Crippen LogP contribution is -2.50. The van der Waals surface area contributed by atoms with E-state index in [1.807, 2.05) is 48.5 Å². The Labute approximate surface area is 254 Å². The maximum absolute atomic E-state index is 14.2. The molecule has 6 heteroatoms. The monoisotopic (exact) mass is 574 g/mol. The molecule has 6 rings (SSSR count). The second kappa shape index (κ2) is 14.0. The molecule has 0 bridgehead atoms. The summed E-state index contributed by atoms with van der Waals surface area (Å²) in [5.41, 5.74) is 3.09. The molecule has 2 aliphatic heterocycles. The first-order valence-corrected chi connectivity index (χ1v) is 15.8. The van der Waals surface area contributed by atoms with Crippen molar-refractivity contribution < 1.29 is 9.59 Å². The van der Waals surface area contributed by atoms with Gasteiger partial charge in [0.15, 0.2) is 0 Å². The molecule has 3 N–H and O–H groups in total. The normalized spacial score (nSPS) is 19.8. The number of hydrogen-bond donors (Lipinski definition) is 3. The molecule has 0 aliphatic carbocycles. The highest BCUT2D eigenvalue weighted by Gasteiger charge is 2.34. The second-order valence-electron chi connectivity index (χ2n) is 12.1. The first-order chi connectivity index (χ1) is 21.1. The van der Waals surface area contributed by atoms with Gasteiger partial charge in [0.25, 0.3) is 5.91 Å². The van der Waals surface area contributed by atoms with Gasteiger partial charge in [0.1, 0.15) is 0 Å². The van der Waals surface area contributed by atoms with Crippen LogP contribution in [0.3, 0.4) is 0 Å². The van der Waals surface area contributed by atoms with Crippen molar-refractivity contribution in [2.24, 2.45) is 5.92 Å². The first-order valence-electron chi connectivity index (χ1n) is 15.8. The summed E-state index contributed by atoms with van der Waals surface area (Å²) in [5, 5.41) is 12.5. The molecule has 0 radical (unpaired) electrons. The topological polar surface area (TPSA) is 73.5 Å². The predicted octanol–water partition coefficient (Wildman–Crippen LogP) is 5.35. The van der Waals surface area contributed by atoms with Gasteiger partial charge in [-0.2, -0.15) is 0 Å². The Kier molecular flexibility index (Phi) is 9.46. The number of rotatable bonds is 9. The molecular formula is C37H42N4O2. The highest BCUT2D eigenvalue weighted by molar-refractivity contribution is 5.98. The van der Waals surface area contributed by atoms with Gasteiger partial charge in [-0.3, -0.25) is 9.59 Å². The van der Waals surface area contributed by atoms with Gasteiger partial charge in [-0.25, -0.2) is 0 Å². The smallest absolute Gasteiger partial charge is 0.251 e. The molecule has 2 unspecified atom stereocenters. The molecule has 4 aromatic rings. The van der Waals surface area contributed by atoms with Crippen LogP contribution in [0.15, 0.2) is 103 Å². The van der Waals surface area contributed by atoms with Crippen LogP contribution in [0, 0.1) is 5.92 Å². The Morgan fingerprint density at radius 1 is 0.814 bits per heavy atom. The molecule has 2 amide bonds. The van der Waals surface area contributed by atoms with Crippen molar-refractivity contribution in [1.82, 2.24) is 20.9 Å². The van der Waals surface area contributed by atoms with Gasteiger partial charge in [-0.15, -0.1) is 0 Å². The van der Waals surface area contributed by atoms with Gasteiger partial charge in [0, 0.05) is 37.2 Å². The van der Waals surface area contributed by atoms with Crippen LogP contribution >= 0.6 is 0 Å². The molecule has 0 spiro atoms. The fourth-order valence-electron chi connectivity index (χ4n) is 6.69. The molecule has 2 atom stereocenters. The van der Waals surface area contributed by atoms with E-state index in [9.17, 15) is 9.59 Å². The van der Waals surface area contributed by atoms with Crippen LogP contribution in [0.5, 0.6) is 0 Å². The number of benzene rings is 4. The third-order valence-corrected chi connectivity index (χ3v) is 9.15. The number of nitrogens with zero attached hydrogens (tertiary/aromatic N) is 1. The Morgan fingerprint density at radius 2 is 1.47 bits per heavy atom. The van der Waals surface area contributed by atoms with Gasteiger partial charge in [-0.05, 0) is 78.7 Å². The van der Waals surface area contributed by atoms with E-state index in [1.165, 1.54) is 11.1 Å². The maximum atomic E-state index is 14.2. The minimum atomic E-state index is -0.264. The minimum Gasteiger partial charge on any atom is -0.350 e. The van der Waals surface area contributed by atoms with Gasteiger partial charge in [0.05, 0.1) is 6.04 Å². The second-order valence-corrected chi connectivity index (χ2v) is 12.1. The van der Waals surface area contributed by atoms with E-state index in [4.69, 9.17) is 0 Å². The SMILES string of the molecule is O=C(NCC1CCN(CC(c2ccccc2)c2ccccc2)C(=O)C(CC2CCNCC2)N1)c1ccc2ccccc2c1. The van der Waals surface area contributed by atoms with E-state index in [2.05, 4.69) is 75.4 Å². The van der Waals surface area contributed by atoms with Crippen LogP contribution in [0.1, 0.15) is 53.1 Å². The number of nitrogens with one attached hydrogen (secondary N) is 3. The summed E-state index contributed by atoms with van der Waals surface area (Å²) in [5.74, 6) is 0.700. The molecule has 222 valence electrons. The highest BCUT2D eigenvalue weighted by Crippen LogP contribution is 2.28. The molecule has 4 aromatic carbocycles. The Balaban J connectivity index is 1.19. The molecule has 0 aromatic heterocycles. The number of carbonyl (C=O) groups excluding carboxylic acids is 2. The minimum absolute atomic E-state index is 0.0111. The summed E-state index contributed by atoms with van der Waals surface area (Å²) < 4.78 is 0. The van der Waals surface area contributed by atoms with Crippen molar-refractivity contribution in [3.63, 3.8) is 0 Å². The summed E-state index contributed by atoms with van der Waals surface area (Å²) in [4.78, 5) is 29.5. The predicted molar refractivity (Wildman–Crippen MR) is 173 cm³/mol. The van der Waals surface area contributed by atoms with E-state index < -0.39 is 0 Å². The van der Waals surface area contributed by atoms with Crippen LogP contribution in [0.2, 0.25) is 0 Å². The van der Waals surface area contributed by atoms with Crippen molar-refractivity contribution in [3.8, 4) is 0 Å². The summed E-state index contributed by atoms with van der Waals surface area (Å²) in [6.45, 7) is 3.78. The number of carbonyl (C=O) groups is 2. The molecule has 6 nitrogen and oxygen atoms in total. The lowest BCUT2D eigenvalue weighted by molar-refractivity contribution is -0.133. The molecule has 2 saturated heterocycles. The number of fused-ring (bicyclic) bond motifs is 1. The lowest BCUT2D eigenvalue weighted by atomic mass is 9.89. The zero-order chi connectivity index (χ0) is 29.4. The van der Waals surface area contributed by atoms with Crippen LogP contribution < -0.4 is 16.0 Å². The van der Waals surface area contributed by atoms with Gasteiger partial charge in [0.2, 0.25) is 5.91 Å². The fraction of sp³-hybridized carbons (Fsp3) is 0.351. The Hall–Kier alpha value is -4.00. The third-order valence-electron chi connectivity index (χ3n) is 9.15. The van der Waals surface area contributed by atoms with E-state index in [-0.39, 0.29) is 29.8 Å². The average Bonchev–Trinajstić information content (AvgIpc) is 3.21. The zero-order valence-corrected chi connectivity index (χ0v) is 24.8. The maximum Gasteiger partial charge on any atom is 0.251 e. The van der Waals surface area contributed by atoms with E-state index >= 15 is 0 Å². The van der Waals surface area contributed by atoms with Crippen molar-refractivity contribution in [3.05, 3.63) is 120 Å². The fourth-order valence-corrected chi connectivity index (χ4v) is 6.69. The number of piperidine rings is 1. The van der Waals surface area contributed by atoms with Gasteiger partial charge in [-0.1, -0.05) is 91.0 Å². The van der Waals surface area contributed by atoms with Crippen molar-refractivity contribution in [2.45, 2.75) is 43.7 Å². The lowest BCUT2D eigenvalue weighted by Gasteiger charge is -2.31. The first kappa shape index (κ1) is 29.1. The Bertz CT molecular complexity index is 1460. The third kappa shape index (κ3) is 7.32. The van der Waals surface area contributed by atoms with Gasteiger partial charge >= 0.3 is 0 Å². The van der Waals surface area contributed by atoms with Crippen LogP contribution in [-0.2, 0) is 4.79 Å². The summed E-state index contributed by atoms with van der Waals surface area (Å²) in [6, 6.07) is 34.7. The molecule has 2 aliphatic rings. The van der Waals surface area contributed by atoms with E-state index in [0.717, 1.165) is 49.5 Å². The highest BCUT2D eigenvalue weighted by atomic mass is 16.2. The van der Waals surface area contributed by atoms with Crippen molar-refractivity contribution in [2.75, 3.05) is 32.7 Å². The average molecular weight is 575 g/mol. The van der Waals surface area contributed by atoms with E-state index in [0.29, 0.717) is 31.1 Å². The van der Waals surface area contributed by atoms with E-state index in [1.54, 1.807) is 0 Å². The van der Waals surface area contributed by atoms with Gasteiger partial charge < -0.3 is 20.9 Å². The van der Waals surface area contributed by atoms with Crippen molar-refractivity contribution >= 4 is 22.6 Å². The van der Waals surface area contributed by atoms with Crippen LogP contribution in [0.25, 0.3) is 10.8 Å². The largest absolute Gasteiger partial charge is 0.350 e. The molecular weight excluding hydrogens is 532 g/mol.